The molecule has 0 heterocycles. The molecule has 0 spiro atoms. The summed E-state index contributed by atoms with van der Waals surface area (Å²) < 4.78 is 0. The number of hydrogen-bond acceptors (Lipinski definition) is 1. The summed E-state index contributed by atoms with van der Waals surface area (Å²) in [5, 5.41) is 3.01. The van der Waals surface area contributed by atoms with Gasteiger partial charge in [-0.15, -0.1) is 5.73 Å². The highest BCUT2D eigenvalue weighted by molar-refractivity contribution is 5.59. The van der Waals surface area contributed by atoms with E-state index in [1.165, 1.54) is 5.56 Å². The van der Waals surface area contributed by atoms with Gasteiger partial charge in [-0.2, -0.15) is 0 Å². The number of allylic oxidation sites excluding steroid dienone is 7. The maximum absolute atomic E-state index is 3.01. The second kappa shape index (κ2) is 10.4. The molecule has 0 radical (unpaired) electrons. The van der Waals surface area contributed by atoms with Gasteiger partial charge < -0.3 is 5.32 Å². The Morgan fingerprint density at radius 1 is 1.05 bits per heavy atom. The van der Waals surface area contributed by atoms with Crippen LogP contribution in [0.2, 0.25) is 0 Å². The maximum atomic E-state index is 3.01. The highest BCUT2D eigenvalue weighted by Gasteiger charge is 1.88. The quantitative estimate of drug-likeness (QED) is 0.563. The summed E-state index contributed by atoms with van der Waals surface area (Å²) in [6, 6.07) is 10.3. The fraction of sp³-hybridized carbons (Fsp3) is 0.105. The molecular formula is C19H21N. The van der Waals surface area contributed by atoms with Crippen LogP contribution < -0.4 is 5.32 Å². The summed E-state index contributed by atoms with van der Waals surface area (Å²) in [5.74, 6) is 0. The van der Waals surface area contributed by atoms with Crippen LogP contribution >= 0.6 is 0 Å². The van der Waals surface area contributed by atoms with Gasteiger partial charge in [0.1, 0.15) is 0 Å². The smallest absolute Gasteiger partial charge is 0.0433 e. The number of nitrogens with one attached hydrogen (secondary N) is 1. The molecule has 0 fully saturated rings. The van der Waals surface area contributed by atoms with Crippen molar-refractivity contribution in [2.24, 2.45) is 0 Å². The molecule has 1 heteroatoms. The molecule has 1 nitrogen and oxygen atoms in total. The molecule has 102 valence electrons. The normalized spacial score (nSPS) is 12.0. The highest BCUT2D eigenvalue weighted by Crippen LogP contribution is 2.09. The SMILES string of the molecule is CC=C=CN\C=C/C=C/C(/C=C\C)=C/c1ccccc1. The first-order valence-electron chi connectivity index (χ1n) is 6.71. The molecule has 1 aromatic rings. The Balaban J connectivity index is 2.68. The van der Waals surface area contributed by atoms with Crippen molar-refractivity contribution in [2.45, 2.75) is 13.8 Å². The lowest BCUT2D eigenvalue weighted by atomic mass is 10.1. The van der Waals surface area contributed by atoms with E-state index < -0.39 is 0 Å². The van der Waals surface area contributed by atoms with E-state index in [-0.39, 0.29) is 0 Å². The van der Waals surface area contributed by atoms with Crippen LogP contribution in [0.15, 0.2) is 90.5 Å². The Kier molecular flexibility index (Phi) is 8.11. The molecule has 0 atom stereocenters. The molecule has 0 bridgehead atoms. The molecule has 0 saturated carbocycles. The second-order valence-corrected chi connectivity index (χ2v) is 4.04. The zero-order chi connectivity index (χ0) is 14.5. The Labute approximate surface area is 122 Å². The lowest BCUT2D eigenvalue weighted by Gasteiger charge is -1.95. The lowest BCUT2D eigenvalue weighted by molar-refractivity contribution is 1.20. The number of rotatable bonds is 6. The minimum atomic E-state index is 1.16. The van der Waals surface area contributed by atoms with Gasteiger partial charge in [0.2, 0.25) is 0 Å². The van der Waals surface area contributed by atoms with Crippen LogP contribution in [0.1, 0.15) is 19.4 Å². The third-order valence-corrected chi connectivity index (χ3v) is 2.42. The van der Waals surface area contributed by atoms with E-state index in [0.717, 1.165) is 5.57 Å². The first kappa shape index (κ1) is 15.6. The Hall–Kier alpha value is -2.50. The van der Waals surface area contributed by atoms with Gasteiger partial charge >= 0.3 is 0 Å². The third-order valence-electron chi connectivity index (χ3n) is 2.42. The van der Waals surface area contributed by atoms with Crippen molar-refractivity contribution in [3.63, 3.8) is 0 Å². The van der Waals surface area contributed by atoms with E-state index >= 15 is 0 Å². The largest absolute Gasteiger partial charge is 0.361 e. The van der Waals surface area contributed by atoms with Crippen molar-refractivity contribution in [1.29, 1.82) is 0 Å². The van der Waals surface area contributed by atoms with Crippen molar-refractivity contribution >= 4 is 6.08 Å². The predicted molar refractivity (Wildman–Crippen MR) is 89.0 cm³/mol. The summed E-state index contributed by atoms with van der Waals surface area (Å²) in [5.41, 5.74) is 5.30. The summed E-state index contributed by atoms with van der Waals surface area (Å²) >= 11 is 0. The standard InChI is InChI=1S/C19H21N/c1-3-5-15-20-16-10-9-14-18(11-4-2)17-19-12-7-6-8-13-19/h3-4,6-17,20H,1-2H3/b11-4-,14-9+,16-10-,18-17+. The Bertz CT molecular complexity index is 551. The van der Waals surface area contributed by atoms with Gasteiger partial charge in [-0.3, -0.25) is 0 Å². The zero-order valence-electron chi connectivity index (χ0n) is 12.1. The van der Waals surface area contributed by atoms with E-state index in [9.17, 15) is 0 Å². The van der Waals surface area contributed by atoms with Gasteiger partial charge in [0.05, 0.1) is 0 Å². The van der Waals surface area contributed by atoms with E-state index in [1.807, 2.05) is 62.6 Å². The topological polar surface area (TPSA) is 12.0 Å². The Morgan fingerprint density at radius 3 is 2.55 bits per heavy atom. The molecule has 1 aromatic carbocycles. The Morgan fingerprint density at radius 2 is 1.85 bits per heavy atom. The van der Waals surface area contributed by atoms with Crippen molar-refractivity contribution in [3.8, 4) is 0 Å². The van der Waals surface area contributed by atoms with Gasteiger partial charge in [0.15, 0.2) is 0 Å². The van der Waals surface area contributed by atoms with Gasteiger partial charge in [-0.05, 0) is 43.2 Å². The molecule has 0 aliphatic rings. The summed E-state index contributed by atoms with van der Waals surface area (Å²) in [6.45, 7) is 3.95. The zero-order valence-corrected chi connectivity index (χ0v) is 12.1. The number of hydrogen-bond donors (Lipinski definition) is 1. The van der Waals surface area contributed by atoms with E-state index in [4.69, 9.17) is 0 Å². The average Bonchev–Trinajstić information content (AvgIpc) is 2.47. The maximum Gasteiger partial charge on any atom is 0.0433 e. The predicted octanol–water partition coefficient (Wildman–Crippen LogP) is 4.99. The van der Waals surface area contributed by atoms with Gasteiger partial charge in [-0.25, -0.2) is 0 Å². The van der Waals surface area contributed by atoms with Crippen molar-refractivity contribution in [1.82, 2.24) is 5.32 Å². The minimum Gasteiger partial charge on any atom is -0.361 e. The number of benzene rings is 1. The van der Waals surface area contributed by atoms with E-state index in [1.54, 1.807) is 6.20 Å². The van der Waals surface area contributed by atoms with Gasteiger partial charge in [-0.1, -0.05) is 54.6 Å². The molecule has 0 unspecified atom stereocenters. The monoisotopic (exact) mass is 263 g/mol. The molecule has 0 aromatic heterocycles. The van der Waals surface area contributed by atoms with Crippen LogP contribution in [0.25, 0.3) is 6.08 Å². The summed E-state index contributed by atoms with van der Waals surface area (Å²) in [4.78, 5) is 0. The molecule has 20 heavy (non-hydrogen) atoms. The van der Waals surface area contributed by atoms with Gasteiger partial charge in [0.25, 0.3) is 0 Å². The second-order valence-electron chi connectivity index (χ2n) is 4.04. The third kappa shape index (κ3) is 7.05. The molecule has 0 amide bonds. The first-order chi connectivity index (χ1) is 9.86. The fourth-order valence-electron chi connectivity index (χ4n) is 1.54. The minimum absolute atomic E-state index is 1.16. The van der Waals surface area contributed by atoms with Crippen molar-refractivity contribution in [2.75, 3.05) is 0 Å². The van der Waals surface area contributed by atoms with Crippen LogP contribution in [0.4, 0.5) is 0 Å². The highest BCUT2D eigenvalue weighted by atomic mass is 14.8. The molecule has 1 rings (SSSR count). The molecular weight excluding hydrogens is 242 g/mol. The van der Waals surface area contributed by atoms with Crippen LogP contribution in [-0.4, -0.2) is 0 Å². The summed E-state index contributed by atoms with van der Waals surface area (Å²) in [7, 11) is 0. The summed E-state index contributed by atoms with van der Waals surface area (Å²) in [6.07, 6.45) is 17.8. The molecule has 0 aliphatic heterocycles. The first-order valence-corrected chi connectivity index (χ1v) is 6.71. The van der Waals surface area contributed by atoms with Gasteiger partial charge in [0, 0.05) is 12.4 Å². The van der Waals surface area contributed by atoms with Crippen molar-refractivity contribution in [3.05, 3.63) is 96.1 Å². The molecule has 0 saturated heterocycles. The fourth-order valence-corrected chi connectivity index (χ4v) is 1.54. The van der Waals surface area contributed by atoms with Crippen LogP contribution in [0.3, 0.4) is 0 Å². The average molecular weight is 263 g/mol. The van der Waals surface area contributed by atoms with E-state index in [2.05, 4.69) is 41.4 Å². The van der Waals surface area contributed by atoms with E-state index in [0.29, 0.717) is 0 Å². The lowest BCUT2D eigenvalue weighted by Crippen LogP contribution is -1.88. The van der Waals surface area contributed by atoms with Crippen LogP contribution in [0.5, 0.6) is 0 Å². The molecule has 1 N–H and O–H groups in total. The van der Waals surface area contributed by atoms with Crippen LogP contribution in [0, 0.1) is 0 Å². The molecule has 0 aliphatic carbocycles. The van der Waals surface area contributed by atoms with Crippen LogP contribution in [-0.2, 0) is 0 Å². The van der Waals surface area contributed by atoms with Crippen molar-refractivity contribution < 1.29 is 0 Å².